The molecule has 0 aromatic heterocycles. The first-order chi connectivity index (χ1) is 14.2. The summed E-state index contributed by atoms with van der Waals surface area (Å²) >= 11 is 0. The van der Waals surface area contributed by atoms with Crippen molar-refractivity contribution in [1.82, 2.24) is 9.80 Å². The number of anilines is 1. The molecular weight excluding hydrogens is 366 g/mol. The average Bonchev–Trinajstić information content (AvgIpc) is 2.77. The van der Waals surface area contributed by atoms with Gasteiger partial charge in [0.1, 0.15) is 5.75 Å². The van der Waals surface area contributed by atoms with Crippen LogP contribution in [-0.2, 0) is 16.0 Å². The molecule has 1 saturated carbocycles. The Morgan fingerprint density at radius 2 is 1.86 bits per heavy atom. The molecule has 1 saturated heterocycles. The summed E-state index contributed by atoms with van der Waals surface area (Å²) in [5.74, 6) is 1.14. The van der Waals surface area contributed by atoms with Crippen molar-refractivity contribution in [3.8, 4) is 5.75 Å². The van der Waals surface area contributed by atoms with Gasteiger partial charge in [-0.05, 0) is 49.4 Å². The smallest absolute Gasteiger partial charge is 0.224 e. The van der Waals surface area contributed by atoms with Crippen molar-refractivity contribution in [2.45, 2.75) is 63.8 Å². The van der Waals surface area contributed by atoms with Gasteiger partial charge in [-0.2, -0.15) is 0 Å². The normalized spacial score (nSPS) is 20.8. The number of aryl methyl sites for hydroxylation is 1. The molecule has 4 rings (SSSR count). The molecule has 2 fully saturated rings. The lowest BCUT2D eigenvalue weighted by atomic mass is 9.94. The van der Waals surface area contributed by atoms with Gasteiger partial charge in [0.2, 0.25) is 11.8 Å². The van der Waals surface area contributed by atoms with Crippen molar-refractivity contribution >= 4 is 17.5 Å². The molecule has 0 radical (unpaired) electrons. The standard InChI is InChI=1S/C23H33N3O3/c27-22-11-8-18-17-20(9-10-21(18)24-22)29-16-4-7-23(28)26-14-12-25(13-15-26)19-5-2-1-3-6-19/h9-10,17,19H,1-8,11-16H2,(H,24,27). The molecule has 0 bridgehead atoms. The van der Waals surface area contributed by atoms with E-state index in [-0.39, 0.29) is 11.8 Å². The van der Waals surface area contributed by atoms with Crippen LogP contribution < -0.4 is 10.1 Å². The lowest BCUT2D eigenvalue weighted by molar-refractivity contribution is -0.133. The molecule has 2 aliphatic heterocycles. The van der Waals surface area contributed by atoms with Crippen LogP contribution in [0.3, 0.4) is 0 Å². The number of benzene rings is 1. The predicted octanol–water partition coefficient (Wildman–Crippen LogP) is 3.21. The highest BCUT2D eigenvalue weighted by molar-refractivity contribution is 5.94. The van der Waals surface area contributed by atoms with Crippen LogP contribution in [0.1, 0.15) is 56.9 Å². The third-order valence-corrected chi connectivity index (χ3v) is 6.53. The summed E-state index contributed by atoms with van der Waals surface area (Å²) in [6, 6.07) is 6.54. The number of rotatable bonds is 6. The number of carbonyl (C=O) groups excluding carboxylic acids is 2. The molecule has 1 aliphatic carbocycles. The zero-order chi connectivity index (χ0) is 20.1. The molecule has 2 amide bonds. The van der Waals surface area contributed by atoms with Gasteiger partial charge in [0, 0.05) is 50.7 Å². The number of hydrogen-bond donors (Lipinski definition) is 1. The van der Waals surface area contributed by atoms with Gasteiger partial charge in [-0.15, -0.1) is 0 Å². The molecule has 6 nitrogen and oxygen atoms in total. The fourth-order valence-corrected chi connectivity index (χ4v) is 4.80. The monoisotopic (exact) mass is 399 g/mol. The average molecular weight is 400 g/mol. The molecule has 158 valence electrons. The van der Waals surface area contributed by atoms with Crippen molar-refractivity contribution in [3.63, 3.8) is 0 Å². The van der Waals surface area contributed by atoms with E-state index in [1.54, 1.807) is 0 Å². The van der Waals surface area contributed by atoms with Crippen LogP contribution in [0.15, 0.2) is 18.2 Å². The molecule has 3 aliphatic rings. The lowest BCUT2D eigenvalue weighted by Crippen LogP contribution is -2.52. The summed E-state index contributed by atoms with van der Waals surface area (Å²) in [6.45, 7) is 4.33. The third kappa shape index (κ3) is 5.30. The Labute approximate surface area is 173 Å². The highest BCUT2D eigenvalue weighted by Crippen LogP contribution is 2.27. The van der Waals surface area contributed by atoms with Gasteiger partial charge >= 0.3 is 0 Å². The van der Waals surface area contributed by atoms with Crippen LogP contribution in [0.25, 0.3) is 0 Å². The summed E-state index contributed by atoms with van der Waals surface area (Å²) in [5.41, 5.74) is 2.00. The maximum absolute atomic E-state index is 12.5. The van der Waals surface area contributed by atoms with E-state index in [1.165, 1.54) is 32.1 Å². The minimum Gasteiger partial charge on any atom is -0.494 e. The summed E-state index contributed by atoms with van der Waals surface area (Å²) in [6.07, 6.45) is 9.34. The van der Waals surface area contributed by atoms with Crippen LogP contribution in [0.5, 0.6) is 5.75 Å². The number of amides is 2. The summed E-state index contributed by atoms with van der Waals surface area (Å²) in [7, 11) is 0. The molecule has 1 aromatic rings. The topological polar surface area (TPSA) is 61.9 Å². The lowest BCUT2D eigenvalue weighted by Gasteiger charge is -2.40. The molecule has 0 unspecified atom stereocenters. The molecule has 1 aromatic carbocycles. The zero-order valence-electron chi connectivity index (χ0n) is 17.3. The van der Waals surface area contributed by atoms with Crippen LogP contribution in [0, 0.1) is 0 Å². The number of hydrogen-bond acceptors (Lipinski definition) is 4. The number of carbonyl (C=O) groups is 2. The van der Waals surface area contributed by atoms with E-state index in [0.717, 1.165) is 62.1 Å². The number of nitrogens with zero attached hydrogens (tertiary/aromatic N) is 2. The number of nitrogens with one attached hydrogen (secondary N) is 1. The van der Waals surface area contributed by atoms with Gasteiger partial charge < -0.3 is 15.0 Å². The number of ether oxygens (including phenoxy) is 1. The van der Waals surface area contributed by atoms with Crippen molar-refractivity contribution in [1.29, 1.82) is 0 Å². The minimum absolute atomic E-state index is 0.0734. The van der Waals surface area contributed by atoms with Gasteiger partial charge in [-0.3, -0.25) is 14.5 Å². The Kier molecular flexibility index (Phi) is 6.70. The van der Waals surface area contributed by atoms with Gasteiger partial charge in [0.25, 0.3) is 0 Å². The highest BCUT2D eigenvalue weighted by atomic mass is 16.5. The molecule has 0 atom stereocenters. The van der Waals surface area contributed by atoms with E-state index in [4.69, 9.17) is 4.74 Å². The Hall–Kier alpha value is -2.08. The molecule has 6 heteroatoms. The highest BCUT2D eigenvalue weighted by Gasteiger charge is 2.26. The van der Waals surface area contributed by atoms with Crippen molar-refractivity contribution < 1.29 is 14.3 Å². The second-order valence-corrected chi connectivity index (χ2v) is 8.53. The van der Waals surface area contributed by atoms with Crippen LogP contribution in [-0.4, -0.2) is 60.4 Å². The quantitative estimate of drug-likeness (QED) is 0.746. The first kappa shape index (κ1) is 20.2. The second-order valence-electron chi connectivity index (χ2n) is 8.53. The largest absolute Gasteiger partial charge is 0.494 e. The van der Waals surface area contributed by atoms with Crippen molar-refractivity contribution in [2.75, 3.05) is 38.1 Å². The second kappa shape index (κ2) is 9.61. The van der Waals surface area contributed by atoms with E-state index >= 15 is 0 Å². The molecule has 1 N–H and O–H groups in total. The van der Waals surface area contributed by atoms with Crippen LogP contribution >= 0.6 is 0 Å². The first-order valence-corrected chi connectivity index (χ1v) is 11.3. The Balaban J connectivity index is 1.15. The Bertz CT molecular complexity index is 722. The summed E-state index contributed by atoms with van der Waals surface area (Å²) in [5, 5.41) is 2.88. The first-order valence-electron chi connectivity index (χ1n) is 11.3. The Morgan fingerprint density at radius 3 is 2.66 bits per heavy atom. The number of piperazine rings is 1. The molecule has 29 heavy (non-hydrogen) atoms. The zero-order valence-corrected chi connectivity index (χ0v) is 17.3. The van der Waals surface area contributed by atoms with Crippen LogP contribution in [0.2, 0.25) is 0 Å². The molecule has 0 spiro atoms. The molecule has 2 heterocycles. The Morgan fingerprint density at radius 1 is 1.07 bits per heavy atom. The SMILES string of the molecule is O=C1CCc2cc(OCCCC(=O)N3CCN(C4CCCCC4)CC3)ccc2N1. The van der Waals surface area contributed by atoms with Crippen molar-refractivity contribution in [3.05, 3.63) is 23.8 Å². The van der Waals surface area contributed by atoms with Gasteiger partial charge in [-0.1, -0.05) is 19.3 Å². The summed E-state index contributed by atoms with van der Waals surface area (Å²) < 4.78 is 5.84. The van der Waals surface area contributed by atoms with Crippen molar-refractivity contribution in [2.24, 2.45) is 0 Å². The summed E-state index contributed by atoms with van der Waals surface area (Å²) in [4.78, 5) is 28.6. The fourth-order valence-electron chi connectivity index (χ4n) is 4.80. The maximum Gasteiger partial charge on any atom is 0.224 e. The van der Waals surface area contributed by atoms with E-state index in [2.05, 4.69) is 10.2 Å². The van der Waals surface area contributed by atoms with Gasteiger partial charge in [0.15, 0.2) is 0 Å². The van der Waals surface area contributed by atoms with Gasteiger partial charge in [0.05, 0.1) is 6.61 Å². The third-order valence-electron chi connectivity index (χ3n) is 6.53. The molecular formula is C23H33N3O3. The van der Waals surface area contributed by atoms with E-state index in [9.17, 15) is 9.59 Å². The van der Waals surface area contributed by atoms with Crippen LogP contribution in [0.4, 0.5) is 5.69 Å². The van der Waals surface area contributed by atoms with Gasteiger partial charge in [-0.25, -0.2) is 0 Å². The van der Waals surface area contributed by atoms with E-state index in [0.29, 0.717) is 19.4 Å². The minimum atomic E-state index is 0.0734. The maximum atomic E-state index is 12.5. The van der Waals surface area contributed by atoms with E-state index in [1.807, 2.05) is 23.1 Å². The number of fused-ring (bicyclic) bond motifs is 1. The van der Waals surface area contributed by atoms with E-state index < -0.39 is 0 Å². The predicted molar refractivity (Wildman–Crippen MR) is 113 cm³/mol. The fraction of sp³-hybridized carbons (Fsp3) is 0.652.